The van der Waals surface area contributed by atoms with Crippen molar-refractivity contribution in [1.29, 1.82) is 0 Å². The Morgan fingerprint density at radius 1 is 1.00 bits per heavy atom. The summed E-state index contributed by atoms with van der Waals surface area (Å²) in [6.07, 6.45) is 3.04. The molecular formula is C12H20Cl6. The lowest BCUT2D eigenvalue weighted by atomic mass is 9.82. The van der Waals surface area contributed by atoms with Crippen LogP contribution in [-0.4, -0.2) is 33.3 Å². The van der Waals surface area contributed by atoms with Gasteiger partial charge in [0.15, 0.2) is 0 Å². The van der Waals surface area contributed by atoms with Gasteiger partial charge in [0.1, 0.15) is 0 Å². The van der Waals surface area contributed by atoms with Crippen molar-refractivity contribution in [3.8, 4) is 0 Å². The quantitative estimate of drug-likeness (QED) is 0.404. The molecule has 0 saturated heterocycles. The van der Waals surface area contributed by atoms with E-state index in [2.05, 4.69) is 0 Å². The Kier molecular flexibility index (Phi) is 11.5. The van der Waals surface area contributed by atoms with Crippen LogP contribution in [0.15, 0.2) is 0 Å². The van der Waals surface area contributed by atoms with E-state index in [0.29, 0.717) is 30.5 Å². The zero-order valence-electron chi connectivity index (χ0n) is 10.4. The van der Waals surface area contributed by atoms with E-state index in [1.807, 2.05) is 6.92 Å². The highest BCUT2D eigenvalue weighted by molar-refractivity contribution is 6.30. The van der Waals surface area contributed by atoms with Crippen molar-refractivity contribution in [3.05, 3.63) is 0 Å². The summed E-state index contributed by atoms with van der Waals surface area (Å²) in [6, 6.07) is 0. The monoisotopic (exact) mass is 374 g/mol. The van der Waals surface area contributed by atoms with E-state index in [0.717, 1.165) is 12.8 Å². The molecule has 0 aliphatic carbocycles. The first-order chi connectivity index (χ1) is 8.39. The molecule has 0 fully saturated rings. The van der Waals surface area contributed by atoms with E-state index >= 15 is 0 Å². The third kappa shape index (κ3) is 7.50. The van der Waals surface area contributed by atoms with Crippen molar-refractivity contribution >= 4 is 69.6 Å². The highest BCUT2D eigenvalue weighted by atomic mass is 35.5. The van der Waals surface area contributed by atoms with Gasteiger partial charge in [0.2, 0.25) is 0 Å². The van der Waals surface area contributed by atoms with E-state index in [1.54, 1.807) is 0 Å². The standard InChI is InChI=1S/C12H20Cl6/c1-9(16)5-12(18,6-11(17)8-15)10(7-14)3-2-4-13/h9-11H,2-8H2,1H3. The Hall–Kier alpha value is 1.74. The summed E-state index contributed by atoms with van der Waals surface area (Å²) in [6.45, 7) is 1.93. The van der Waals surface area contributed by atoms with Gasteiger partial charge in [-0.2, -0.15) is 0 Å². The van der Waals surface area contributed by atoms with Crippen molar-refractivity contribution in [2.45, 2.75) is 48.2 Å². The fourth-order valence-corrected chi connectivity index (χ4v) is 4.21. The van der Waals surface area contributed by atoms with Crippen molar-refractivity contribution in [2.75, 3.05) is 17.6 Å². The van der Waals surface area contributed by atoms with Gasteiger partial charge in [0.05, 0.1) is 4.87 Å². The molecule has 18 heavy (non-hydrogen) atoms. The Balaban J connectivity index is 4.78. The van der Waals surface area contributed by atoms with Crippen LogP contribution in [0.2, 0.25) is 0 Å². The van der Waals surface area contributed by atoms with Crippen LogP contribution in [0.5, 0.6) is 0 Å². The molecule has 0 nitrogen and oxygen atoms in total. The van der Waals surface area contributed by atoms with Crippen molar-refractivity contribution in [1.82, 2.24) is 0 Å². The van der Waals surface area contributed by atoms with E-state index in [4.69, 9.17) is 69.6 Å². The third-order valence-corrected chi connectivity index (χ3v) is 5.20. The lowest BCUT2D eigenvalue weighted by molar-refractivity contribution is 0.332. The Morgan fingerprint density at radius 3 is 2.00 bits per heavy atom. The van der Waals surface area contributed by atoms with Gasteiger partial charge in [-0.25, -0.2) is 0 Å². The summed E-state index contributed by atoms with van der Waals surface area (Å²) >= 11 is 36.5. The number of alkyl halides is 6. The minimum absolute atomic E-state index is 0.0246. The predicted octanol–water partition coefficient (Wildman–Crippen LogP) is 6.09. The van der Waals surface area contributed by atoms with E-state index in [1.165, 1.54) is 0 Å². The largest absolute Gasteiger partial charge is 0.127 e. The van der Waals surface area contributed by atoms with Crippen LogP contribution in [-0.2, 0) is 0 Å². The van der Waals surface area contributed by atoms with E-state index < -0.39 is 4.87 Å². The van der Waals surface area contributed by atoms with Crippen molar-refractivity contribution < 1.29 is 0 Å². The van der Waals surface area contributed by atoms with Gasteiger partial charge >= 0.3 is 0 Å². The molecule has 0 spiro atoms. The predicted molar refractivity (Wildman–Crippen MR) is 87.7 cm³/mol. The van der Waals surface area contributed by atoms with Gasteiger partial charge < -0.3 is 0 Å². The van der Waals surface area contributed by atoms with Gasteiger partial charge in [-0.1, -0.05) is 0 Å². The minimum atomic E-state index is -0.504. The first-order valence-corrected chi connectivity index (χ1v) is 8.90. The van der Waals surface area contributed by atoms with Crippen LogP contribution in [0.25, 0.3) is 0 Å². The SMILES string of the molecule is CC(Cl)CC(Cl)(CC(Cl)CCl)C(CCl)CCCCl. The molecule has 0 bridgehead atoms. The Labute approximate surface area is 141 Å². The average molecular weight is 377 g/mol. The zero-order chi connectivity index (χ0) is 14.2. The van der Waals surface area contributed by atoms with Gasteiger partial charge in [-0.15, -0.1) is 69.6 Å². The zero-order valence-corrected chi connectivity index (χ0v) is 15.0. The molecule has 0 aromatic heterocycles. The van der Waals surface area contributed by atoms with E-state index in [-0.39, 0.29) is 16.7 Å². The van der Waals surface area contributed by atoms with Gasteiger partial charge in [-0.05, 0) is 38.5 Å². The molecule has 4 atom stereocenters. The molecular weight excluding hydrogens is 357 g/mol. The van der Waals surface area contributed by atoms with Crippen LogP contribution in [0.1, 0.15) is 32.6 Å². The third-order valence-electron chi connectivity index (χ3n) is 2.95. The number of halogens is 6. The Bertz CT molecular complexity index is 211. The first kappa shape index (κ1) is 19.7. The molecule has 0 aliphatic heterocycles. The maximum Gasteiger partial charge on any atom is 0.0514 e. The average Bonchev–Trinajstić information content (AvgIpc) is 2.28. The summed E-state index contributed by atoms with van der Waals surface area (Å²) in [5, 5.41) is -0.190. The van der Waals surface area contributed by atoms with Crippen molar-refractivity contribution in [2.24, 2.45) is 5.92 Å². The maximum atomic E-state index is 6.75. The van der Waals surface area contributed by atoms with Crippen LogP contribution in [0.4, 0.5) is 0 Å². The summed E-state index contributed by atoms with van der Waals surface area (Å²) < 4.78 is 0. The second kappa shape index (κ2) is 10.5. The molecule has 0 rings (SSSR count). The van der Waals surface area contributed by atoms with Crippen molar-refractivity contribution in [3.63, 3.8) is 0 Å². The lowest BCUT2D eigenvalue weighted by Gasteiger charge is -2.37. The molecule has 0 heterocycles. The van der Waals surface area contributed by atoms with Gasteiger partial charge in [-0.3, -0.25) is 0 Å². The highest BCUT2D eigenvalue weighted by Gasteiger charge is 2.38. The molecule has 0 saturated carbocycles. The first-order valence-electron chi connectivity index (χ1n) is 6.04. The Morgan fingerprint density at radius 2 is 1.61 bits per heavy atom. The van der Waals surface area contributed by atoms with E-state index in [9.17, 15) is 0 Å². The molecule has 0 aromatic rings. The summed E-state index contributed by atoms with van der Waals surface area (Å²) in [4.78, 5) is -0.504. The molecule has 0 aromatic carbocycles. The smallest absolute Gasteiger partial charge is 0.0514 e. The second-order valence-electron chi connectivity index (χ2n) is 4.66. The summed E-state index contributed by atoms with van der Waals surface area (Å²) in [7, 11) is 0. The molecule has 0 aliphatic rings. The normalized spacial score (nSPS) is 20.2. The maximum absolute atomic E-state index is 6.75. The van der Waals surface area contributed by atoms with Crippen LogP contribution < -0.4 is 0 Å². The molecule has 6 heteroatoms. The topological polar surface area (TPSA) is 0 Å². The molecule has 0 radical (unpaired) electrons. The molecule has 4 unspecified atom stereocenters. The number of hydrogen-bond donors (Lipinski definition) is 0. The van der Waals surface area contributed by atoms with Gasteiger partial charge in [0, 0.05) is 28.4 Å². The fourth-order valence-electron chi connectivity index (χ4n) is 2.10. The minimum Gasteiger partial charge on any atom is -0.127 e. The number of rotatable bonds is 10. The van der Waals surface area contributed by atoms with Crippen LogP contribution in [0.3, 0.4) is 0 Å². The fraction of sp³-hybridized carbons (Fsp3) is 1.00. The molecule has 0 N–H and O–H groups in total. The van der Waals surface area contributed by atoms with Crippen LogP contribution >= 0.6 is 69.6 Å². The highest BCUT2D eigenvalue weighted by Crippen LogP contribution is 2.40. The van der Waals surface area contributed by atoms with Gasteiger partial charge in [0.25, 0.3) is 0 Å². The second-order valence-corrected chi connectivity index (χ2v) is 7.77. The van der Waals surface area contributed by atoms with Crippen LogP contribution in [0, 0.1) is 5.92 Å². The summed E-state index contributed by atoms with van der Waals surface area (Å²) in [5.74, 6) is 1.61. The number of hydrogen-bond acceptors (Lipinski definition) is 0. The molecule has 0 amide bonds. The molecule has 110 valence electrons. The summed E-state index contributed by atoms with van der Waals surface area (Å²) in [5.41, 5.74) is 0. The lowest BCUT2D eigenvalue weighted by Crippen LogP contribution is -2.38.